The molecule has 2 nitrogen and oxygen atoms in total. The minimum Gasteiger partial charge on any atom is -0.346 e. The number of nitrogens with one attached hydrogen (secondary N) is 1. The molecule has 0 saturated carbocycles. The van der Waals surface area contributed by atoms with E-state index in [4.69, 9.17) is 0 Å². The second kappa shape index (κ2) is 7.13. The molecule has 0 radical (unpaired) electrons. The molecule has 5 heteroatoms. The molecule has 25 heavy (non-hydrogen) atoms. The Hall–Kier alpha value is -2.56. The van der Waals surface area contributed by atoms with E-state index in [9.17, 15) is 18.0 Å². The zero-order chi connectivity index (χ0) is 17.9. The molecular formula is C20H18F3NO. The molecule has 0 aromatic heterocycles. The van der Waals surface area contributed by atoms with Crippen LogP contribution in [-0.4, -0.2) is 5.91 Å². The largest absolute Gasteiger partial charge is 0.416 e. The van der Waals surface area contributed by atoms with Crippen LogP contribution in [0, 0.1) is 0 Å². The molecule has 1 atom stereocenters. The predicted octanol–water partition coefficient (Wildman–Crippen LogP) is 4.91. The fourth-order valence-corrected chi connectivity index (χ4v) is 3.11. The molecule has 2 aromatic carbocycles. The van der Waals surface area contributed by atoms with E-state index in [1.165, 1.54) is 29.8 Å². The first-order chi connectivity index (χ1) is 11.9. The minimum atomic E-state index is -4.39. The van der Waals surface area contributed by atoms with Crippen molar-refractivity contribution in [1.82, 2.24) is 5.32 Å². The quantitative estimate of drug-likeness (QED) is 0.787. The van der Waals surface area contributed by atoms with Crippen LogP contribution in [0.2, 0.25) is 0 Å². The van der Waals surface area contributed by atoms with Crippen LogP contribution in [0.25, 0.3) is 6.08 Å². The first-order valence-electron chi connectivity index (χ1n) is 8.17. The van der Waals surface area contributed by atoms with Crippen LogP contribution in [0.15, 0.2) is 54.6 Å². The number of halogens is 3. The number of aryl methyl sites for hydroxylation is 1. The Morgan fingerprint density at radius 3 is 2.72 bits per heavy atom. The third kappa shape index (κ3) is 4.29. The fraction of sp³-hybridized carbons (Fsp3) is 0.250. The summed E-state index contributed by atoms with van der Waals surface area (Å²) in [5.74, 6) is -0.306. The van der Waals surface area contributed by atoms with E-state index >= 15 is 0 Å². The lowest BCUT2D eigenvalue weighted by Crippen LogP contribution is -2.29. The Balaban J connectivity index is 1.69. The number of alkyl halides is 3. The van der Waals surface area contributed by atoms with Crippen LogP contribution in [0.1, 0.15) is 41.1 Å². The summed E-state index contributed by atoms with van der Waals surface area (Å²) in [4.78, 5) is 12.2. The van der Waals surface area contributed by atoms with Crippen LogP contribution in [0.5, 0.6) is 0 Å². The van der Waals surface area contributed by atoms with Gasteiger partial charge in [0.1, 0.15) is 0 Å². The van der Waals surface area contributed by atoms with Gasteiger partial charge in [-0.3, -0.25) is 4.79 Å². The molecule has 1 amide bonds. The molecule has 3 rings (SSSR count). The number of hydrogen-bond donors (Lipinski definition) is 1. The predicted molar refractivity (Wildman–Crippen MR) is 90.7 cm³/mol. The molecule has 1 N–H and O–H groups in total. The monoisotopic (exact) mass is 345 g/mol. The smallest absolute Gasteiger partial charge is 0.346 e. The van der Waals surface area contributed by atoms with E-state index in [0.29, 0.717) is 5.56 Å². The Kier molecular flexibility index (Phi) is 4.93. The van der Waals surface area contributed by atoms with Crippen molar-refractivity contribution >= 4 is 12.0 Å². The average molecular weight is 345 g/mol. The third-order valence-corrected chi connectivity index (χ3v) is 4.33. The van der Waals surface area contributed by atoms with Gasteiger partial charge in [0.25, 0.3) is 0 Å². The van der Waals surface area contributed by atoms with Crippen LogP contribution < -0.4 is 5.32 Å². The molecule has 0 heterocycles. The van der Waals surface area contributed by atoms with Gasteiger partial charge in [0.2, 0.25) is 5.91 Å². The van der Waals surface area contributed by atoms with Crippen LogP contribution in [0.3, 0.4) is 0 Å². The van der Waals surface area contributed by atoms with Crippen molar-refractivity contribution < 1.29 is 18.0 Å². The van der Waals surface area contributed by atoms with Gasteiger partial charge in [0.15, 0.2) is 0 Å². The summed E-state index contributed by atoms with van der Waals surface area (Å²) in [5, 5.41) is 2.94. The van der Waals surface area contributed by atoms with Gasteiger partial charge in [-0.15, -0.1) is 0 Å². The lowest BCUT2D eigenvalue weighted by atomic mass is 9.88. The lowest BCUT2D eigenvalue weighted by molar-refractivity contribution is -0.137. The van der Waals surface area contributed by atoms with Gasteiger partial charge >= 0.3 is 6.18 Å². The van der Waals surface area contributed by atoms with E-state index in [1.807, 2.05) is 18.2 Å². The molecular weight excluding hydrogens is 327 g/mol. The van der Waals surface area contributed by atoms with Gasteiger partial charge in [0, 0.05) is 6.08 Å². The molecule has 1 aliphatic rings. The van der Waals surface area contributed by atoms with E-state index in [2.05, 4.69) is 11.4 Å². The summed E-state index contributed by atoms with van der Waals surface area (Å²) >= 11 is 0. The zero-order valence-electron chi connectivity index (χ0n) is 13.5. The maximum absolute atomic E-state index is 12.7. The molecule has 0 spiro atoms. The van der Waals surface area contributed by atoms with Gasteiger partial charge in [-0.1, -0.05) is 36.4 Å². The highest BCUT2D eigenvalue weighted by atomic mass is 19.4. The minimum absolute atomic E-state index is 0.0522. The van der Waals surface area contributed by atoms with Gasteiger partial charge in [-0.2, -0.15) is 13.2 Å². The number of carbonyl (C=O) groups is 1. The summed E-state index contributed by atoms with van der Waals surface area (Å²) in [6, 6.07) is 12.9. The van der Waals surface area contributed by atoms with Gasteiger partial charge in [-0.25, -0.2) is 0 Å². The van der Waals surface area contributed by atoms with Crippen LogP contribution in [-0.2, 0) is 17.4 Å². The number of hydrogen-bond acceptors (Lipinski definition) is 1. The fourth-order valence-electron chi connectivity index (χ4n) is 3.11. The first kappa shape index (κ1) is 17.3. The van der Waals surface area contributed by atoms with Crippen molar-refractivity contribution in [2.24, 2.45) is 0 Å². The molecule has 2 aromatic rings. The highest BCUT2D eigenvalue weighted by molar-refractivity contribution is 5.92. The molecule has 130 valence electrons. The highest BCUT2D eigenvalue weighted by Crippen LogP contribution is 2.30. The summed E-state index contributed by atoms with van der Waals surface area (Å²) < 4.78 is 38.1. The molecule has 0 bridgehead atoms. The Labute approximate surface area is 144 Å². The number of benzene rings is 2. The van der Waals surface area contributed by atoms with E-state index in [1.54, 1.807) is 0 Å². The Morgan fingerprint density at radius 2 is 1.92 bits per heavy atom. The van der Waals surface area contributed by atoms with Crippen molar-refractivity contribution in [1.29, 1.82) is 0 Å². The van der Waals surface area contributed by atoms with Gasteiger partial charge < -0.3 is 5.32 Å². The topological polar surface area (TPSA) is 29.1 Å². The standard InChI is InChI=1S/C20H18F3NO/c21-20(22,23)16-8-3-5-14(13-16)11-12-19(25)24-18-10-4-7-15-6-1-2-9-17(15)18/h1-3,5-6,8-9,11-13,18H,4,7,10H2,(H,24,25)/b12-11+/t18-/m1/s1. The summed E-state index contributed by atoms with van der Waals surface area (Å²) in [5.41, 5.74) is 1.97. The summed E-state index contributed by atoms with van der Waals surface area (Å²) in [6.45, 7) is 0. The lowest BCUT2D eigenvalue weighted by Gasteiger charge is -2.25. The van der Waals surface area contributed by atoms with Crippen molar-refractivity contribution in [2.45, 2.75) is 31.5 Å². The normalized spacial score (nSPS) is 17.3. The van der Waals surface area contributed by atoms with Crippen molar-refractivity contribution in [3.8, 4) is 0 Å². The number of amides is 1. The Bertz CT molecular complexity index is 796. The van der Waals surface area contributed by atoms with E-state index < -0.39 is 11.7 Å². The molecule has 0 unspecified atom stereocenters. The average Bonchev–Trinajstić information content (AvgIpc) is 2.60. The number of fused-ring (bicyclic) bond motifs is 1. The highest BCUT2D eigenvalue weighted by Gasteiger charge is 2.30. The van der Waals surface area contributed by atoms with Gasteiger partial charge in [-0.05, 0) is 54.2 Å². The number of carbonyl (C=O) groups excluding carboxylic acids is 1. The zero-order valence-corrected chi connectivity index (χ0v) is 13.5. The van der Waals surface area contributed by atoms with Crippen molar-refractivity contribution in [3.05, 3.63) is 76.9 Å². The summed E-state index contributed by atoms with van der Waals surface area (Å²) in [6.07, 6.45) is 1.16. The SMILES string of the molecule is O=C(/C=C/c1cccc(C(F)(F)F)c1)N[C@@H]1CCCc2ccccc21. The van der Waals surface area contributed by atoms with Crippen molar-refractivity contribution in [2.75, 3.05) is 0 Å². The van der Waals surface area contributed by atoms with Crippen LogP contribution in [0.4, 0.5) is 13.2 Å². The summed E-state index contributed by atoms with van der Waals surface area (Å²) in [7, 11) is 0. The Morgan fingerprint density at radius 1 is 1.12 bits per heavy atom. The van der Waals surface area contributed by atoms with Crippen molar-refractivity contribution in [3.63, 3.8) is 0 Å². The maximum Gasteiger partial charge on any atom is 0.416 e. The van der Waals surface area contributed by atoms with E-state index in [-0.39, 0.29) is 11.9 Å². The van der Waals surface area contributed by atoms with E-state index in [0.717, 1.165) is 37.0 Å². The first-order valence-corrected chi connectivity index (χ1v) is 8.17. The van der Waals surface area contributed by atoms with Gasteiger partial charge in [0.05, 0.1) is 11.6 Å². The molecule has 0 aliphatic heterocycles. The second-order valence-corrected chi connectivity index (χ2v) is 6.11. The number of rotatable bonds is 3. The maximum atomic E-state index is 12.7. The molecule has 1 aliphatic carbocycles. The molecule has 0 saturated heterocycles. The molecule has 0 fully saturated rings. The van der Waals surface area contributed by atoms with Crippen LogP contribution >= 0.6 is 0 Å². The third-order valence-electron chi connectivity index (χ3n) is 4.33. The second-order valence-electron chi connectivity index (χ2n) is 6.11.